The van der Waals surface area contributed by atoms with Crippen LogP contribution in [0.25, 0.3) is 0 Å². The minimum absolute atomic E-state index is 0.365. The van der Waals surface area contributed by atoms with Gasteiger partial charge in [0.1, 0.15) is 0 Å². The highest BCUT2D eigenvalue weighted by atomic mass is 16.7. The van der Waals surface area contributed by atoms with E-state index in [1.807, 2.05) is 33.8 Å². The minimum atomic E-state index is -0.589. The Morgan fingerprint density at radius 2 is 1.75 bits per heavy atom. The zero-order chi connectivity index (χ0) is 15.0. The van der Waals surface area contributed by atoms with Gasteiger partial charge in [0.15, 0.2) is 0 Å². The second-order valence-corrected chi connectivity index (χ2v) is 5.72. The number of aliphatic imine (C=N–C) groups is 1. The Kier molecular flexibility index (Phi) is 3.53. The lowest BCUT2D eigenvalue weighted by molar-refractivity contribution is 0.00578. The topological polar surface area (TPSA) is 71.7 Å². The SMILES string of the molecule is CC1(C)OB(c2cc(C#N)cc(N=C=O)c2)OC1(C)C. The molecule has 0 spiro atoms. The Hall–Kier alpha value is -1.93. The van der Waals surface area contributed by atoms with Crippen LogP contribution in [0.15, 0.2) is 23.2 Å². The number of isocyanates is 1. The quantitative estimate of drug-likeness (QED) is 0.467. The summed E-state index contributed by atoms with van der Waals surface area (Å²) in [5.41, 5.74) is 0.495. The first-order valence-corrected chi connectivity index (χ1v) is 6.28. The van der Waals surface area contributed by atoms with E-state index in [9.17, 15) is 4.79 Å². The van der Waals surface area contributed by atoms with E-state index in [0.717, 1.165) is 0 Å². The molecule has 1 saturated heterocycles. The maximum absolute atomic E-state index is 10.4. The molecule has 0 bridgehead atoms. The molecule has 0 atom stereocenters. The van der Waals surface area contributed by atoms with Crippen LogP contribution in [-0.2, 0) is 14.1 Å². The third-order valence-corrected chi connectivity index (χ3v) is 3.77. The fourth-order valence-corrected chi connectivity index (χ4v) is 1.93. The summed E-state index contributed by atoms with van der Waals surface area (Å²) in [7, 11) is -0.589. The second kappa shape index (κ2) is 4.88. The number of nitrogens with zero attached hydrogens (tertiary/aromatic N) is 2. The van der Waals surface area contributed by atoms with Gasteiger partial charge in [-0.15, -0.1) is 0 Å². The lowest BCUT2D eigenvalue weighted by atomic mass is 9.78. The summed E-state index contributed by atoms with van der Waals surface area (Å²) in [6, 6.07) is 6.88. The Labute approximate surface area is 118 Å². The molecule has 0 aromatic heterocycles. The van der Waals surface area contributed by atoms with Gasteiger partial charge in [-0.25, -0.2) is 4.79 Å². The van der Waals surface area contributed by atoms with E-state index in [-0.39, 0.29) is 0 Å². The minimum Gasteiger partial charge on any atom is -0.399 e. The smallest absolute Gasteiger partial charge is 0.399 e. The molecular weight excluding hydrogens is 255 g/mol. The summed E-state index contributed by atoms with van der Waals surface area (Å²) >= 11 is 0. The zero-order valence-corrected chi connectivity index (χ0v) is 11.9. The lowest BCUT2D eigenvalue weighted by Crippen LogP contribution is -2.41. The van der Waals surface area contributed by atoms with E-state index in [2.05, 4.69) is 4.99 Å². The fourth-order valence-electron chi connectivity index (χ4n) is 1.93. The van der Waals surface area contributed by atoms with Crippen LogP contribution in [0.5, 0.6) is 0 Å². The average Bonchev–Trinajstić information content (AvgIpc) is 2.58. The van der Waals surface area contributed by atoms with Gasteiger partial charge < -0.3 is 9.31 Å². The Morgan fingerprint density at radius 3 is 2.25 bits per heavy atom. The molecular formula is C14H15BN2O3. The summed E-state index contributed by atoms with van der Waals surface area (Å²) < 4.78 is 11.8. The first kappa shape index (κ1) is 14.5. The number of carbonyl (C=O) groups excluding carboxylic acids is 1. The van der Waals surface area contributed by atoms with Crippen LogP contribution in [0.4, 0.5) is 5.69 Å². The first-order chi connectivity index (χ1) is 9.29. The predicted octanol–water partition coefficient (Wildman–Crippen LogP) is 1.82. The molecule has 2 rings (SSSR count). The summed E-state index contributed by atoms with van der Waals surface area (Å²) in [6.07, 6.45) is 1.47. The van der Waals surface area contributed by atoms with Gasteiger partial charge in [-0.05, 0) is 51.4 Å². The van der Waals surface area contributed by atoms with Crippen LogP contribution in [-0.4, -0.2) is 24.4 Å². The van der Waals surface area contributed by atoms with Crippen LogP contribution in [0.2, 0.25) is 0 Å². The molecule has 0 aliphatic carbocycles. The molecule has 1 fully saturated rings. The van der Waals surface area contributed by atoms with Gasteiger partial charge in [-0.3, -0.25) is 0 Å². The zero-order valence-electron chi connectivity index (χ0n) is 11.9. The molecule has 1 aliphatic heterocycles. The van der Waals surface area contributed by atoms with Gasteiger partial charge >= 0.3 is 7.12 Å². The van der Waals surface area contributed by atoms with Crippen molar-refractivity contribution < 1.29 is 14.1 Å². The number of hydrogen-bond donors (Lipinski definition) is 0. The van der Waals surface area contributed by atoms with Crippen LogP contribution >= 0.6 is 0 Å². The van der Waals surface area contributed by atoms with Gasteiger partial charge in [0.25, 0.3) is 0 Å². The molecule has 0 N–H and O–H groups in total. The molecule has 0 amide bonds. The lowest BCUT2D eigenvalue weighted by Gasteiger charge is -2.32. The molecule has 0 unspecified atom stereocenters. The van der Waals surface area contributed by atoms with E-state index in [1.165, 1.54) is 12.1 Å². The molecule has 5 nitrogen and oxygen atoms in total. The highest BCUT2D eigenvalue weighted by Gasteiger charge is 2.51. The largest absolute Gasteiger partial charge is 0.494 e. The van der Waals surface area contributed by atoms with Crippen molar-refractivity contribution in [3.05, 3.63) is 23.8 Å². The number of benzene rings is 1. The fraction of sp³-hybridized carbons (Fsp3) is 0.429. The van der Waals surface area contributed by atoms with E-state index in [0.29, 0.717) is 16.7 Å². The van der Waals surface area contributed by atoms with Gasteiger partial charge in [0, 0.05) is 0 Å². The van der Waals surface area contributed by atoms with Gasteiger partial charge in [0.05, 0.1) is 28.5 Å². The van der Waals surface area contributed by atoms with E-state index in [4.69, 9.17) is 14.6 Å². The van der Waals surface area contributed by atoms with Crippen molar-refractivity contribution in [2.45, 2.75) is 38.9 Å². The Balaban J connectivity index is 2.42. The number of hydrogen-bond acceptors (Lipinski definition) is 5. The number of nitriles is 1. The van der Waals surface area contributed by atoms with E-state index < -0.39 is 18.3 Å². The van der Waals surface area contributed by atoms with Crippen molar-refractivity contribution in [2.75, 3.05) is 0 Å². The molecule has 0 radical (unpaired) electrons. The average molecular weight is 270 g/mol. The molecule has 102 valence electrons. The normalized spacial score (nSPS) is 19.2. The molecule has 1 aliphatic rings. The molecule has 0 saturated carbocycles. The van der Waals surface area contributed by atoms with Gasteiger partial charge in [0.2, 0.25) is 6.08 Å². The van der Waals surface area contributed by atoms with Crippen molar-refractivity contribution in [3.8, 4) is 6.07 Å². The molecule has 1 heterocycles. The van der Waals surface area contributed by atoms with Crippen molar-refractivity contribution in [1.82, 2.24) is 0 Å². The Morgan fingerprint density at radius 1 is 1.15 bits per heavy atom. The third-order valence-electron chi connectivity index (χ3n) is 3.77. The summed E-state index contributed by atoms with van der Waals surface area (Å²) in [4.78, 5) is 13.9. The number of rotatable bonds is 2. The van der Waals surface area contributed by atoms with Crippen molar-refractivity contribution in [3.63, 3.8) is 0 Å². The molecule has 1 aromatic carbocycles. The molecule has 6 heteroatoms. The van der Waals surface area contributed by atoms with Crippen molar-refractivity contribution >= 4 is 24.3 Å². The Bertz CT molecular complexity index is 612. The molecule has 1 aromatic rings. The summed E-state index contributed by atoms with van der Waals surface area (Å²) in [5, 5.41) is 9.03. The standard InChI is InChI=1S/C14H15BN2O3/c1-13(2)14(3,4)20-15(19-13)11-5-10(8-16)6-12(7-11)17-9-18/h5-7H,1-4H3. The predicted molar refractivity (Wildman–Crippen MR) is 74.7 cm³/mol. The highest BCUT2D eigenvalue weighted by Crippen LogP contribution is 2.36. The van der Waals surface area contributed by atoms with Crippen LogP contribution in [0.3, 0.4) is 0 Å². The maximum Gasteiger partial charge on any atom is 0.494 e. The highest BCUT2D eigenvalue weighted by molar-refractivity contribution is 6.62. The van der Waals surface area contributed by atoms with Crippen LogP contribution in [0.1, 0.15) is 33.3 Å². The summed E-state index contributed by atoms with van der Waals surface area (Å²) in [6.45, 7) is 7.80. The van der Waals surface area contributed by atoms with Crippen LogP contribution in [0, 0.1) is 11.3 Å². The van der Waals surface area contributed by atoms with Crippen molar-refractivity contribution in [1.29, 1.82) is 5.26 Å². The van der Waals surface area contributed by atoms with Crippen molar-refractivity contribution in [2.24, 2.45) is 4.99 Å². The third kappa shape index (κ3) is 2.52. The van der Waals surface area contributed by atoms with E-state index in [1.54, 1.807) is 12.1 Å². The van der Waals surface area contributed by atoms with Gasteiger partial charge in [-0.2, -0.15) is 10.3 Å². The van der Waals surface area contributed by atoms with Crippen LogP contribution < -0.4 is 5.46 Å². The molecule has 20 heavy (non-hydrogen) atoms. The van der Waals surface area contributed by atoms with Gasteiger partial charge in [-0.1, -0.05) is 0 Å². The maximum atomic E-state index is 10.4. The monoisotopic (exact) mass is 270 g/mol. The van der Waals surface area contributed by atoms with E-state index >= 15 is 0 Å². The second-order valence-electron chi connectivity index (χ2n) is 5.72. The summed E-state index contributed by atoms with van der Waals surface area (Å²) in [5.74, 6) is 0. The first-order valence-electron chi connectivity index (χ1n) is 6.28.